The van der Waals surface area contributed by atoms with Crippen molar-refractivity contribution in [2.45, 2.75) is 32.6 Å². The van der Waals surface area contributed by atoms with Gasteiger partial charge in [-0.15, -0.1) is 0 Å². The van der Waals surface area contributed by atoms with Crippen LogP contribution in [-0.2, 0) is 11.3 Å². The van der Waals surface area contributed by atoms with E-state index in [9.17, 15) is 9.59 Å². The molecule has 2 aliphatic rings. The van der Waals surface area contributed by atoms with E-state index in [0.29, 0.717) is 25.5 Å². The van der Waals surface area contributed by atoms with Gasteiger partial charge in [0.1, 0.15) is 17.7 Å². The number of amidine groups is 1. The molecule has 2 unspecified atom stereocenters. The van der Waals surface area contributed by atoms with Gasteiger partial charge in [-0.3, -0.25) is 14.6 Å². The molecule has 4 rings (SSSR count). The molecule has 2 aliphatic heterocycles. The molecule has 0 bridgehead atoms. The summed E-state index contributed by atoms with van der Waals surface area (Å²) >= 11 is 0. The van der Waals surface area contributed by atoms with Crippen LogP contribution in [0.4, 0.5) is 10.6 Å². The number of carbonyl (C=O) groups is 2. The molecule has 0 saturated carbocycles. The summed E-state index contributed by atoms with van der Waals surface area (Å²) in [6.07, 6.45) is 1.20. The third-order valence-electron chi connectivity index (χ3n) is 5.19. The van der Waals surface area contributed by atoms with Gasteiger partial charge in [0.2, 0.25) is 0 Å². The van der Waals surface area contributed by atoms with Gasteiger partial charge in [0, 0.05) is 31.4 Å². The number of benzene rings is 1. The molecule has 3 heterocycles. The predicted octanol–water partition coefficient (Wildman–Crippen LogP) is 2.04. The van der Waals surface area contributed by atoms with Crippen molar-refractivity contribution in [2.24, 2.45) is 4.99 Å². The van der Waals surface area contributed by atoms with Gasteiger partial charge >= 0.3 is 6.03 Å². The Balaban J connectivity index is 1.48. The highest BCUT2D eigenvalue weighted by atomic mass is 16.2. The van der Waals surface area contributed by atoms with Crippen molar-refractivity contribution < 1.29 is 9.59 Å². The summed E-state index contributed by atoms with van der Waals surface area (Å²) in [6.45, 7) is 5.21. The molecule has 2 N–H and O–H groups in total. The van der Waals surface area contributed by atoms with Crippen LogP contribution < -0.4 is 10.6 Å². The van der Waals surface area contributed by atoms with E-state index in [1.54, 1.807) is 18.0 Å². The zero-order valence-corrected chi connectivity index (χ0v) is 16.5. The predicted molar refractivity (Wildman–Crippen MR) is 110 cm³/mol. The topological polar surface area (TPSA) is 89.9 Å². The summed E-state index contributed by atoms with van der Waals surface area (Å²) < 4.78 is 0. The molecule has 3 amide bonds. The number of imide groups is 1. The van der Waals surface area contributed by atoms with E-state index in [0.717, 1.165) is 11.4 Å². The fourth-order valence-electron chi connectivity index (χ4n) is 3.63. The lowest BCUT2D eigenvalue weighted by molar-refractivity contribution is -0.134. The molecular weight excluding hydrogens is 368 g/mol. The third kappa shape index (κ3) is 3.53. The molecular formula is C21H24N6O2. The molecule has 150 valence electrons. The number of aliphatic imine (C=N–C) groups is 1. The Morgan fingerprint density at radius 2 is 1.86 bits per heavy atom. The lowest BCUT2D eigenvalue weighted by Crippen LogP contribution is -2.65. The molecule has 8 heteroatoms. The number of amides is 3. The van der Waals surface area contributed by atoms with E-state index in [-0.39, 0.29) is 11.9 Å². The average molecular weight is 392 g/mol. The van der Waals surface area contributed by atoms with Crippen LogP contribution in [0, 0.1) is 0 Å². The summed E-state index contributed by atoms with van der Waals surface area (Å²) in [7, 11) is 0. The number of hydrogen-bond donors (Lipinski definition) is 2. The summed E-state index contributed by atoms with van der Waals surface area (Å²) in [4.78, 5) is 37.2. The van der Waals surface area contributed by atoms with Crippen molar-refractivity contribution in [1.29, 1.82) is 0 Å². The molecule has 1 fully saturated rings. The number of likely N-dealkylation sites (N-methyl/N-ethyl adjacent to an activating group) is 2. The second-order valence-electron chi connectivity index (χ2n) is 6.94. The number of rotatable bonds is 6. The van der Waals surface area contributed by atoms with Crippen molar-refractivity contribution in [2.75, 3.05) is 18.4 Å². The average Bonchev–Trinajstić information content (AvgIpc) is 3.19. The van der Waals surface area contributed by atoms with E-state index >= 15 is 0 Å². The first-order chi connectivity index (χ1) is 14.1. The monoisotopic (exact) mass is 392 g/mol. The minimum absolute atomic E-state index is 0.236. The van der Waals surface area contributed by atoms with Crippen molar-refractivity contribution in [3.05, 3.63) is 59.8 Å². The first kappa shape index (κ1) is 18.9. The summed E-state index contributed by atoms with van der Waals surface area (Å²) in [5.41, 5.74) is 1.96. The summed E-state index contributed by atoms with van der Waals surface area (Å²) in [5, 5.41) is 6.48. The number of pyridine rings is 1. The first-order valence-corrected chi connectivity index (χ1v) is 9.83. The van der Waals surface area contributed by atoms with Gasteiger partial charge in [0.05, 0.1) is 0 Å². The van der Waals surface area contributed by atoms with Crippen molar-refractivity contribution in [3.63, 3.8) is 0 Å². The largest absolute Gasteiger partial charge is 0.366 e. The van der Waals surface area contributed by atoms with Crippen LogP contribution in [-0.4, -0.2) is 57.9 Å². The van der Waals surface area contributed by atoms with Gasteiger partial charge in [-0.1, -0.05) is 30.3 Å². The Morgan fingerprint density at radius 1 is 1.07 bits per heavy atom. The number of urea groups is 1. The van der Waals surface area contributed by atoms with Crippen molar-refractivity contribution in [3.8, 4) is 0 Å². The van der Waals surface area contributed by atoms with E-state index in [1.165, 1.54) is 10.5 Å². The maximum atomic E-state index is 12.7. The Hall–Kier alpha value is -3.42. The lowest BCUT2D eigenvalue weighted by atomic mass is 10.1. The highest BCUT2D eigenvalue weighted by Crippen LogP contribution is 2.24. The lowest BCUT2D eigenvalue weighted by Gasteiger charge is -2.39. The van der Waals surface area contributed by atoms with Crippen LogP contribution in [0.3, 0.4) is 0 Å². The Labute approximate surface area is 169 Å². The van der Waals surface area contributed by atoms with E-state index in [1.807, 2.05) is 37.3 Å². The number of anilines is 1. The minimum Gasteiger partial charge on any atom is -0.366 e. The fraction of sp³-hybridized carbons (Fsp3) is 0.333. The highest BCUT2D eigenvalue weighted by Gasteiger charge is 2.48. The maximum Gasteiger partial charge on any atom is 0.328 e. The third-order valence-corrected chi connectivity index (χ3v) is 5.19. The number of aromatic nitrogens is 1. The van der Waals surface area contributed by atoms with Gasteiger partial charge in [-0.05, 0) is 31.5 Å². The molecule has 1 aromatic carbocycles. The number of nitrogens with zero attached hydrogens (tertiary/aromatic N) is 4. The van der Waals surface area contributed by atoms with Crippen LogP contribution in [0.15, 0.2) is 53.7 Å². The highest BCUT2D eigenvalue weighted by molar-refractivity contribution is 6.08. The Bertz CT molecular complexity index is 928. The molecule has 2 aromatic rings. The number of hydrogen-bond acceptors (Lipinski definition) is 6. The fourth-order valence-corrected chi connectivity index (χ4v) is 3.63. The van der Waals surface area contributed by atoms with Gasteiger partial charge in [-0.2, -0.15) is 0 Å². The number of nitrogens with one attached hydrogen (secondary N) is 2. The molecule has 8 nitrogen and oxygen atoms in total. The van der Waals surface area contributed by atoms with Crippen LogP contribution in [0.5, 0.6) is 0 Å². The molecule has 1 aromatic heterocycles. The number of carbonyl (C=O) groups excluding carboxylic acids is 2. The van der Waals surface area contributed by atoms with Gasteiger partial charge in [0.25, 0.3) is 5.91 Å². The quantitative estimate of drug-likeness (QED) is 0.785. The minimum atomic E-state index is -0.557. The van der Waals surface area contributed by atoms with Crippen LogP contribution in [0.25, 0.3) is 0 Å². The Kier molecular flexibility index (Phi) is 5.16. The molecule has 0 radical (unpaired) electrons. The van der Waals surface area contributed by atoms with Crippen LogP contribution in [0.2, 0.25) is 0 Å². The molecule has 2 atom stereocenters. The van der Waals surface area contributed by atoms with Gasteiger partial charge in [-0.25, -0.2) is 14.8 Å². The normalized spacial score (nSPS) is 21.0. The molecule has 29 heavy (non-hydrogen) atoms. The van der Waals surface area contributed by atoms with Crippen molar-refractivity contribution >= 4 is 23.6 Å². The zero-order chi connectivity index (χ0) is 20.4. The summed E-state index contributed by atoms with van der Waals surface area (Å²) in [5.74, 6) is 1.10. The molecule has 0 aliphatic carbocycles. The Morgan fingerprint density at radius 3 is 2.52 bits per heavy atom. The van der Waals surface area contributed by atoms with E-state index in [2.05, 4.69) is 32.7 Å². The van der Waals surface area contributed by atoms with Gasteiger partial charge < -0.3 is 10.6 Å². The first-order valence-electron chi connectivity index (χ1n) is 9.83. The standard InChI is InChI=1S/C21H24N6O2/c1-3-26-19-17(20(28)27(4-2)21(26)29)24-18(25-19)15-10-11-16(23-13-15)22-12-14-8-6-5-7-9-14/h5-11,13,17,19H,3-4,12H2,1-2H3,(H,22,23)(H,24,25). The zero-order valence-electron chi connectivity index (χ0n) is 16.5. The second-order valence-corrected chi connectivity index (χ2v) is 6.94. The van der Waals surface area contributed by atoms with Crippen molar-refractivity contribution in [1.82, 2.24) is 20.1 Å². The maximum absolute atomic E-state index is 12.7. The second kappa shape index (κ2) is 7.90. The molecule has 0 spiro atoms. The van der Waals surface area contributed by atoms with Crippen LogP contribution >= 0.6 is 0 Å². The van der Waals surface area contributed by atoms with Gasteiger partial charge in [0.15, 0.2) is 6.17 Å². The summed E-state index contributed by atoms with van der Waals surface area (Å²) in [6, 6.07) is 13.0. The smallest absolute Gasteiger partial charge is 0.328 e. The van der Waals surface area contributed by atoms with E-state index < -0.39 is 12.2 Å². The van der Waals surface area contributed by atoms with E-state index in [4.69, 9.17) is 0 Å². The van der Waals surface area contributed by atoms with Crippen LogP contribution in [0.1, 0.15) is 25.0 Å². The number of fused-ring (bicyclic) bond motifs is 1. The SMILES string of the molecule is CCN1C(=O)C2NC(c3ccc(NCc4ccccc4)nc3)=NC2N(CC)C1=O. The molecule has 1 saturated heterocycles.